The molecule has 1 aromatic rings. The van der Waals surface area contributed by atoms with Crippen molar-refractivity contribution in [3.8, 4) is 0 Å². The fourth-order valence-corrected chi connectivity index (χ4v) is 2.51. The Morgan fingerprint density at radius 1 is 1.38 bits per heavy atom. The summed E-state index contributed by atoms with van der Waals surface area (Å²) in [5.74, 6) is 0.928. The summed E-state index contributed by atoms with van der Waals surface area (Å²) >= 11 is 0. The van der Waals surface area contributed by atoms with Crippen molar-refractivity contribution in [2.45, 2.75) is 38.5 Å². The molecule has 0 unspecified atom stereocenters. The van der Waals surface area contributed by atoms with Gasteiger partial charge in [-0.3, -0.25) is 4.68 Å². The third kappa shape index (κ3) is 3.63. The first-order valence-electron chi connectivity index (χ1n) is 6.54. The van der Waals surface area contributed by atoms with E-state index in [2.05, 4.69) is 16.5 Å². The molecule has 1 fully saturated rings. The Morgan fingerprint density at radius 2 is 2.19 bits per heavy atom. The SMILES string of the molecule is Cn1ccc(CCNCC2CCCCC2)n1. The van der Waals surface area contributed by atoms with Gasteiger partial charge in [-0.05, 0) is 31.4 Å². The van der Waals surface area contributed by atoms with Crippen molar-refractivity contribution < 1.29 is 0 Å². The third-order valence-corrected chi connectivity index (χ3v) is 3.48. The lowest BCUT2D eigenvalue weighted by molar-refractivity contribution is 0.343. The minimum atomic E-state index is 0.928. The summed E-state index contributed by atoms with van der Waals surface area (Å²) in [6.07, 6.45) is 10.2. The normalized spacial score (nSPS) is 17.8. The van der Waals surface area contributed by atoms with E-state index in [1.165, 1.54) is 44.3 Å². The molecule has 1 aromatic heterocycles. The minimum absolute atomic E-state index is 0.928. The molecule has 16 heavy (non-hydrogen) atoms. The second-order valence-corrected chi connectivity index (χ2v) is 4.94. The Labute approximate surface area is 98.2 Å². The molecule has 1 aliphatic carbocycles. The van der Waals surface area contributed by atoms with Crippen LogP contribution in [0.2, 0.25) is 0 Å². The minimum Gasteiger partial charge on any atom is -0.316 e. The lowest BCUT2D eigenvalue weighted by atomic mass is 9.89. The molecule has 0 aliphatic heterocycles. The van der Waals surface area contributed by atoms with Gasteiger partial charge in [0.15, 0.2) is 0 Å². The van der Waals surface area contributed by atoms with E-state index in [1.54, 1.807) is 0 Å². The van der Waals surface area contributed by atoms with Gasteiger partial charge in [-0.25, -0.2) is 0 Å². The zero-order chi connectivity index (χ0) is 11.2. The molecule has 0 saturated heterocycles. The monoisotopic (exact) mass is 221 g/mol. The number of hydrogen-bond acceptors (Lipinski definition) is 2. The summed E-state index contributed by atoms with van der Waals surface area (Å²) in [6, 6.07) is 2.10. The Kier molecular flexibility index (Phi) is 4.40. The summed E-state index contributed by atoms with van der Waals surface area (Å²) in [6.45, 7) is 2.26. The van der Waals surface area contributed by atoms with Gasteiger partial charge >= 0.3 is 0 Å². The number of rotatable bonds is 5. The van der Waals surface area contributed by atoms with Gasteiger partial charge in [0.05, 0.1) is 5.69 Å². The van der Waals surface area contributed by atoms with E-state index in [0.29, 0.717) is 0 Å². The molecular weight excluding hydrogens is 198 g/mol. The predicted molar refractivity (Wildman–Crippen MR) is 66.4 cm³/mol. The molecule has 0 aromatic carbocycles. The standard InChI is InChI=1S/C13H23N3/c1-16-10-8-13(15-16)7-9-14-11-12-5-3-2-4-6-12/h8,10,12,14H,2-7,9,11H2,1H3. The van der Waals surface area contributed by atoms with E-state index in [1.807, 2.05) is 17.9 Å². The topological polar surface area (TPSA) is 29.9 Å². The summed E-state index contributed by atoms with van der Waals surface area (Å²) in [5.41, 5.74) is 1.19. The second kappa shape index (κ2) is 6.04. The van der Waals surface area contributed by atoms with Crippen LogP contribution in [0.3, 0.4) is 0 Å². The van der Waals surface area contributed by atoms with Crippen LogP contribution in [0.5, 0.6) is 0 Å². The highest BCUT2D eigenvalue weighted by atomic mass is 15.2. The summed E-state index contributed by atoms with van der Waals surface area (Å²) in [4.78, 5) is 0. The molecule has 0 atom stereocenters. The maximum atomic E-state index is 4.37. The lowest BCUT2D eigenvalue weighted by Gasteiger charge is -2.21. The summed E-state index contributed by atoms with van der Waals surface area (Å²) in [5, 5.41) is 7.94. The molecule has 0 bridgehead atoms. The lowest BCUT2D eigenvalue weighted by Crippen LogP contribution is -2.26. The first-order chi connectivity index (χ1) is 7.84. The van der Waals surface area contributed by atoms with E-state index in [0.717, 1.165) is 18.9 Å². The molecule has 0 radical (unpaired) electrons. The van der Waals surface area contributed by atoms with E-state index >= 15 is 0 Å². The van der Waals surface area contributed by atoms with Crippen molar-refractivity contribution in [2.75, 3.05) is 13.1 Å². The largest absolute Gasteiger partial charge is 0.316 e. The van der Waals surface area contributed by atoms with Crippen LogP contribution in [-0.2, 0) is 13.5 Å². The van der Waals surface area contributed by atoms with Gasteiger partial charge in [0.1, 0.15) is 0 Å². The van der Waals surface area contributed by atoms with E-state index in [-0.39, 0.29) is 0 Å². The number of nitrogens with one attached hydrogen (secondary N) is 1. The van der Waals surface area contributed by atoms with Crippen LogP contribution in [0, 0.1) is 5.92 Å². The molecule has 0 spiro atoms. The summed E-state index contributed by atoms with van der Waals surface area (Å²) < 4.78 is 1.87. The van der Waals surface area contributed by atoms with E-state index < -0.39 is 0 Å². The third-order valence-electron chi connectivity index (χ3n) is 3.48. The Balaban J connectivity index is 1.57. The van der Waals surface area contributed by atoms with Gasteiger partial charge in [-0.15, -0.1) is 0 Å². The Hall–Kier alpha value is -0.830. The van der Waals surface area contributed by atoms with Crippen molar-refractivity contribution in [1.29, 1.82) is 0 Å². The van der Waals surface area contributed by atoms with E-state index in [4.69, 9.17) is 0 Å². The van der Waals surface area contributed by atoms with Crippen LogP contribution in [0.1, 0.15) is 37.8 Å². The highest BCUT2D eigenvalue weighted by Gasteiger charge is 2.12. The molecule has 90 valence electrons. The van der Waals surface area contributed by atoms with Crippen molar-refractivity contribution in [2.24, 2.45) is 13.0 Å². The zero-order valence-corrected chi connectivity index (χ0v) is 10.3. The maximum Gasteiger partial charge on any atom is 0.0637 e. The number of aryl methyl sites for hydroxylation is 1. The zero-order valence-electron chi connectivity index (χ0n) is 10.3. The number of aromatic nitrogens is 2. The van der Waals surface area contributed by atoms with Gasteiger partial charge in [-0.1, -0.05) is 19.3 Å². The average molecular weight is 221 g/mol. The van der Waals surface area contributed by atoms with Crippen molar-refractivity contribution in [3.63, 3.8) is 0 Å². The highest BCUT2D eigenvalue weighted by Crippen LogP contribution is 2.22. The van der Waals surface area contributed by atoms with Crippen molar-refractivity contribution in [1.82, 2.24) is 15.1 Å². The first-order valence-corrected chi connectivity index (χ1v) is 6.54. The molecule has 1 saturated carbocycles. The first kappa shape index (κ1) is 11.6. The van der Waals surface area contributed by atoms with Gasteiger partial charge in [0, 0.05) is 26.2 Å². The van der Waals surface area contributed by atoms with Crippen LogP contribution >= 0.6 is 0 Å². The molecule has 0 amide bonds. The van der Waals surface area contributed by atoms with Crippen LogP contribution in [-0.4, -0.2) is 22.9 Å². The molecule has 1 aliphatic rings. The predicted octanol–water partition coefficient (Wildman–Crippen LogP) is 2.13. The maximum absolute atomic E-state index is 4.37. The van der Waals surface area contributed by atoms with Crippen LogP contribution in [0.25, 0.3) is 0 Å². The quantitative estimate of drug-likeness (QED) is 0.772. The fourth-order valence-electron chi connectivity index (χ4n) is 2.51. The summed E-state index contributed by atoms with van der Waals surface area (Å²) in [7, 11) is 1.97. The van der Waals surface area contributed by atoms with Crippen molar-refractivity contribution >= 4 is 0 Å². The molecule has 2 rings (SSSR count). The molecule has 1 heterocycles. The second-order valence-electron chi connectivity index (χ2n) is 4.94. The smallest absolute Gasteiger partial charge is 0.0637 e. The molecule has 3 nitrogen and oxygen atoms in total. The van der Waals surface area contributed by atoms with Crippen molar-refractivity contribution in [3.05, 3.63) is 18.0 Å². The molecule has 1 N–H and O–H groups in total. The molecule has 3 heteroatoms. The highest BCUT2D eigenvalue weighted by molar-refractivity contribution is 4.98. The molecular formula is C13H23N3. The Morgan fingerprint density at radius 3 is 2.88 bits per heavy atom. The average Bonchev–Trinajstić information content (AvgIpc) is 2.72. The van der Waals surface area contributed by atoms with Gasteiger partial charge in [0.25, 0.3) is 0 Å². The van der Waals surface area contributed by atoms with Gasteiger partial charge in [0.2, 0.25) is 0 Å². The fraction of sp³-hybridized carbons (Fsp3) is 0.769. The van der Waals surface area contributed by atoms with Crippen LogP contribution in [0.4, 0.5) is 0 Å². The Bertz CT molecular complexity index is 300. The van der Waals surface area contributed by atoms with Gasteiger partial charge < -0.3 is 5.32 Å². The van der Waals surface area contributed by atoms with E-state index in [9.17, 15) is 0 Å². The number of nitrogens with zero attached hydrogens (tertiary/aromatic N) is 2. The van der Waals surface area contributed by atoms with Gasteiger partial charge in [-0.2, -0.15) is 5.10 Å². The van der Waals surface area contributed by atoms with Crippen LogP contribution in [0.15, 0.2) is 12.3 Å². The van der Waals surface area contributed by atoms with Crippen LogP contribution < -0.4 is 5.32 Å². The number of hydrogen-bond donors (Lipinski definition) is 1.